The first-order valence-corrected chi connectivity index (χ1v) is 13.9. The third kappa shape index (κ3) is 5.67. The van der Waals surface area contributed by atoms with Crippen molar-refractivity contribution in [1.82, 2.24) is 14.1 Å². The fourth-order valence-corrected chi connectivity index (χ4v) is 6.39. The van der Waals surface area contributed by atoms with Crippen LogP contribution in [0.15, 0.2) is 41.3 Å². The zero-order valence-corrected chi connectivity index (χ0v) is 22.3. The van der Waals surface area contributed by atoms with Crippen LogP contribution in [0.5, 0.6) is 11.5 Å². The van der Waals surface area contributed by atoms with Gasteiger partial charge in [-0.1, -0.05) is 26.0 Å². The molecule has 2 aliphatic heterocycles. The zero-order valence-electron chi connectivity index (χ0n) is 21.5. The molecule has 0 bridgehead atoms. The molecule has 196 valence electrons. The van der Waals surface area contributed by atoms with Crippen molar-refractivity contribution in [3.63, 3.8) is 0 Å². The minimum atomic E-state index is -3.62. The Morgan fingerprint density at radius 2 is 1.72 bits per heavy atom. The van der Waals surface area contributed by atoms with Crippen LogP contribution in [-0.2, 0) is 21.4 Å². The van der Waals surface area contributed by atoms with Crippen LogP contribution < -0.4 is 14.8 Å². The number of nitrogens with zero attached hydrogens (tertiary/aromatic N) is 3. The molecule has 0 radical (unpaired) electrons. The molecule has 1 fully saturated rings. The molecule has 0 aliphatic carbocycles. The summed E-state index contributed by atoms with van der Waals surface area (Å²) in [4.78, 5) is 17.8. The topological polar surface area (TPSA) is 91.4 Å². The van der Waals surface area contributed by atoms with E-state index in [1.807, 2.05) is 32.9 Å². The highest BCUT2D eigenvalue weighted by Gasteiger charge is 2.27. The van der Waals surface area contributed by atoms with Gasteiger partial charge in [-0.2, -0.15) is 4.31 Å². The number of aryl methyl sites for hydroxylation is 1. The van der Waals surface area contributed by atoms with Gasteiger partial charge in [-0.3, -0.25) is 14.6 Å². The lowest BCUT2D eigenvalue weighted by Crippen LogP contribution is -2.52. The number of hydrogen-bond acceptors (Lipinski definition) is 7. The van der Waals surface area contributed by atoms with E-state index < -0.39 is 10.0 Å². The van der Waals surface area contributed by atoms with Gasteiger partial charge in [0.2, 0.25) is 22.7 Å². The quantitative estimate of drug-likeness (QED) is 0.548. The molecule has 2 aromatic carbocycles. The molecule has 2 aliphatic rings. The summed E-state index contributed by atoms with van der Waals surface area (Å²) in [6, 6.07) is 10.8. The molecule has 9 nitrogen and oxygen atoms in total. The predicted octanol–water partition coefficient (Wildman–Crippen LogP) is 2.90. The molecule has 0 unspecified atom stereocenters. The van der Waals surface area contributed by atoms with Gasteiger partial charge in [-0.05, 0) is 49.2 Å². The second kappa shape index (κ2) is 11.2. The number of carbonyl (C=O) groups excluding carboxylic acids is 1. The molecular weight excluding hydrogens is 480 g/mol. The Bertz CT molecular complexity index is 1190. The fourth-order valence-electron chi connectivity index (χ4n) is 4.68. The number of amides is 1. The van der Waals surface area contributed by atoms with E-state index in [9.17, 15) is 13.2 Å². The smallest absolute Gasteiger partial charge is 0.243 e. The van der Waals surface area contributed by atoms with Crippen LogP contribution in [0.4, 0.5) is 5.69 Å². The SMILES string of the molecule is CCN(CC)S(=O)(=O)c1cc(NC(=O)[C@H](C)N2CCN(Cc3ccc4c(c3)OCO4)CC2)ccc1C. The standard InChI is InChI=1S/C26H36N4O5S/c1-5-30(6-2)36(32,33)25-16-22(9-7-19(25)3)27-26(31)20(4)29-13-11-28(12-14-29)17-21-8-10-23-24(15-21)35-18-34-23/h7-10,15-16,20H,5-6,11-14,17-18H2,1-4H3,(H,27,31)/t20-/m0/s1. The van der Waals surface area contributed by atoms with Crippen molar-refractivity contribution in [2.45, 2.75) is 45.2 Å². The number of anilines is 1. The average Bonchev–Trinajstić information content (AvgIpc) is 3.33. The van der Waals surface area contributed by atoms with Gasteiger partial charge in [-0.15, -0.1) is 0 Å². The molecule has 1 N–H and O–H groups in total. The van der Waals surface area contributed by atoms with E-state index in [2.05, 4.69) is 21.2 Å². The summed E-state index contributed by atoms with van der Waals surface area (Å²) in [5.74, 6) is 1.43. The van der Waals surface area contributed by atoms with Gasteiger partial charge in [0.15, 0.2) is 11.5 Å². The van der Waals surface area contributed by atoms with E-state index in [1.54, 1.807) is 25.1 Å². The summed E-state index contributed by atoms with van der Waals surface area (Å²) in [6.07, 6.45) is 0. The lowest BCUT2D eigenvalue weighted by molar-refractivity contribution is -0.121. The highest BCUT2D eigenvalue weighted by Crippen LogP contribution is 2.33. The molecule has 0 saturated carbocycles. The number of carbonyl (C=O) groups is 1. The number of ether oxygens (including phenoxy) is 2. The third-order valence-electron chi connectivity index (χ3n) is 6.96. The number of fused-ring (bicyclic) bond motifs is 1. The Morgan fingerprint density at radius 3 is 2.42 bits per heavy atom. The Kier molecular flexibility index (Phi) is 8.19. The number of sulfonamides is 1. The Balaban J connectivity index is 1.34. The number of benzene rings is 2. The van der Waals surface area contributed by atoms with E-state index in [0.29, 0.717) is 24.3 Å². The van der Waals surface area contributed by atoms with Crippen LogP contribution in [0.1, 0.15) is 31.9 Å². The number of rotatable bonds is 9. The monoisotopic (exact) mass is 516 g/mol. The van der Waals surface area contributed by atoms with Crippen LogP contribution in [0.2, 0.25) is 0 Å². The van der Waals surface area contributed by atoms with Crippen molar-refractivity contribution in [1.29, 1.82) is 0 Å². The van der Waals surface area contributed by atoms with Gasteiger partial charge < -0.3 is 14.8 Å². The average molecular weight is 517 g/mol. The molecule has 2 heterocycles. The van der Waals surface area contributed by atoms with Crippen molar-refractivity contribution in [3.8, 4) is 11.5 Å². The predicted molar refractivity (Wildman–Crippen MR) is 139 cm³/mol. The largest absolute Gasteiger partial charge is 0.454 e. The second-order valence-corrected chi connectivity index (χ2v) is 11.1. The van der Waals surface area contributed by atoms with Crippen molar-refractivity contribution < 1.29 is 22.7 Å². The molecule has 0 aromatic heterocycles. The van der Waals surface area contributed by atoms with Gasteiger partial charge in [-0.25, -0.2) is 8.42 Å². The molecule has 0 spiro atoms. The van der Waals surface area contributed by atoms with Gasteiger partial charge in [0.1, 0.15) is 0 Å². The van der Waals surface area contributed by atoms with Gasteiger partial charge in [0.05, 0.1) is 10.9 Å². The van der Waals surface area contributed by atoms with E-state index >= 15 is 0 Å². The van der Waals surface area contributed by atoms with Crippen molar-refractivity contribution in [2.24, 2.45) is 0 Å². The lowest BCUT2D eigenvalue weighted by Gasteiger charge is -2.37. The van der Waals surface area contributed by atoms with Crippen LogP contribution in [0, 0.1) is 6.92 Å². The molecule has 1 atom stereocenters. The maximum absolute atomic E-state index is 13.0. The Morgan fingerprint density at radius 1 is 1.03 bits per heavy atom. The van der Waals surface area contributed by atoms with Gasteiger partial charge in [0, 0.05) is 51.5 Å². The molecule has 36 heavy (non-hydrogen) atoms. The summed E-state index contributed by atoms with van der Waals surface area (Å²) < 4.78 is 38.4. The highest BCUT2D eigenvalue weighted by molar-refractivity contribution is 7.89. The first-order chi connectivity index (χ1) is 17.2. The van der Waals surface area contributed by atoms with Crippen LogP contribution in [-0.4, -0.2) is 80.5 Å². The summed E-state index contributed by atoms with van der Waals surface area (Å²) in [5.41, 5.74) is 2.32. The number of piperazine rings is 1. The van der Waals surface area contributed by atoms with E-state index in [4.69, 9.17) is 9.47 Å². The lowest BCUT2D eigenvalue weighted by atomic mass is 10.1. The first kappa shape index (κ1) is 26.4. The second-order valence-electron chi connectivity index (χ2n) is 9.23. The van der Waals surface area contributed by atoms with E-state index in [0.717, 1.165) is 44.2 Å². The first-order valence-electron chi connectivity index (χ1n) is 12.5. The summed E-state index contributed by atoms with van der Waals surface area (Å²) >= 11 is 0. The third-order valence-corrected chi connectivity index (χ3v) is 9.15. The molecule has 1 saturated heterocycles. The molecule has 1 amide bonds. The summed E-state index contributed by atoms with van der Waals surface area (Å²) in [6.45, 7) is 12.4. The van der Waals surface area contributed by atoms with Crippen molar-refractivity contribution >= 4 is 21.6 Å². The highest BCUT2D eigenvalue weighted by atomic mass is 32.2. The maximum Gasteiger partial charge on any atom is 0.243 e. The minimum Gasteiger partial charge on any atom is -0.454 e. The van der Waals surface area contributed by atoms with Crippen LogP contribution in [0.3, 0.4) is 0 Å². The Hall–Kier alpha value is -2.66. The number of hydrogen-bond donors (Lipinski definition) is 1. The molecule has 4 rings (SSSR count). The number of nitrogens with one attached hydrogen (secondary N) is 1. The van der Waals surface area contributed by atoms with Crippen LogP contribution >= 0.6 is 0 Å². The van der Waals surface area contributed by atoms with Gasteiger partial charge in [0.25, 0.3) is 0 Å². The van der Waals surface area contributed by atoms with E-state index in [1.165, 1.54) is 9.87 Å². The van der Waals surface area contributed by atoms with Crippen LogP contribution in [0.25, 0.3) is 0 Å². The normalized spacial score (nSPS) is 17.4. The Labute approximate surface area is 214 Å². The molecule has 2 aromatic rings. The van der Waals surface area contributed by atoms with E-state index in [-0.39, 0.29) is 23.6 Å². The fraction of sp³-hybridized carbons (Fsp3) is 0.500. The zero-order chi connectivity index (χ0) is 25.9. The maximum atomic E-state index is 13.0. The summed E-state index contributed by atoms with van der Waals surface area (Å²) in [5, 5.41) is 2.93. The summed E-state index contributed by atoms with van der Waals surface area (Å²) in [7, 11) is -3.62. The van der Waals surface area contributed by atoms with Crippen molar-refractivity contribution in [3.05, 3.63) is 47.5 Å². The molecular formula is C26H36N4O5S. The van der Waals surface area contributed by atoms with Crippen molar-refractivity contribution in [2.75, 3.05) is 51.4 Å². The minimum absolute atomic E-state index is 0.144. The molecule has 10 heteroatoms. The van der Waals surface area contributed by atoms with Gasteiger partial charge >= 0.3 is 0 Å².